The van der Waals surface area contributed by atoms with Crippen molar-refractivity contribution in [3.8, 4) is 0 Å². The Morgan fingerprint density at radius 3 is 2.37 bits per heavy atom. The average molecular weight is 410 g/mol. The molecule has 0 aliphatic carbocycles. The summed E-state index contributed by atoms with van der Waals surface area (Å²) in [6, 6.07) is 14.1. The summed E-state index contributed by atoms with van der Waals surface area (Å²) in [6.45, 7) is 5.25. The highest BCUT2D eigenvalue weighted by molar-refractivity contribution is 5.93. The van der Waals surface area contributed by atoms with Gasteiger partial charge in [-0.1, -0.05) is 42.0 Å². The van der Waals surface area contributed by atoms with Crippen molar-refractivity contribution in [3.63, 3.8) is 0 Å². The number of nitro groups is 1. The van der Waals surface area contributed by atoms with Gasteiger partial charge in [-0.25, -0.2) is 0 Å². The molecule has 1 aliphatic heterocycles. The van der Waals surface area contributed by atoms with Gasteiger partial charge in [0.15, 0.2) is 0 Å². The standard InChI is InChI=1S/C22H26N4O4/c1-17-6-8-18(9-7-17)16-22(28)25-14-12-24(13-15-25)11-10-21(27)23-19-4-2-3-5-20(19)26(29)30/h2-9H,10-16H2,1H3,(H,23,27). The summed E-state index contributed by atoms with van der Waals surface area (Å²) >= 11 is 0. The molecule has 2 aromatic carbocycles. The summed E-state index contributed by atoms with van der Waals surface area (Å²) in [7, 11) is 0. The van der Waals surface area contributed by atoms with E-state index in [0.717, 1.165) is 5.56 Å². The number of carbonyl (C=O) groups is 2. The molecule has 0 aromatic heterocycles. The number of hydrogen-bond donors (Lipinski definition) is 1. The number of aryl methyl sites for hydroxylation is 1. The first-order chi connectivity index (χ1) is 14.4. The number of para-hydroxylation sites is 2. The average Bonchev–Trinajstić information content (AvgIpc) is 2.74. The highest BCUT2D eigenvalue weighted by Crippen LogP contribution is 2.23. The smallest absolute Gasteiger partial charge is 0.292 e. The zero-order valence-electron chi connectivity index (χ0n) is 17.0. The molecule has 30 heavy (non-hydrogen) atoms. The lowest BCUT2D eigenvalue weighted by Gasteiger charge is -2.34. The molecule has 1 fully saturated rings. The Morgan fingerprint density at radius 1 is 1.03 bits per heavy atom. The van der Waals surface area contributed by atoms with Crippen molar-refractivity contribution in [2.45, 2.75) is 19.8 Å². The zero-order valence-corrected chi connectivity index (χ0v) is 17.0. The first kappa shape index (κ1) is 21.4. The third-order valence-electron chi connectivity index (χ3n) is 5.23. The Balaban J connectivity index is 1.41. The normalized spacial score (nSPS) is 14.4. The molecular weight excluding hydrogens is 384 g/mol. The highest BCUT2D eigenvalue weighted by Gasteiger charge is 2.22. The maximum atomic E-state index is 12.5. The molecule has 0 bridgehead atoms. The van der Waals surface area contributed by atoms with Crippen LogP contribution < -0.4 is 5.32 Å². The second kappa shape index (κ2) is 9.98. The van der Waals surface area contributed by atoms with E-state index in [2.05, 4.69) is 10.2 Å². The van der Waals surface area contributed by atoms with Gasteiger partial charge in [0.25, 0.3) is 5.69 Å². The summed E-state index contributed by atoms with van der Waals surface area (Å²) in [5, 5.41) is 13.7. The molecule has 8 heteroatoms. The Morgan fingerprint density at radius 2 is 1.70 bits per heavy atom. The summed E-state index contributed by atoms with van der Waals surface area (Å²) in [5.74, 6) is -0.144. The molecule has 2 aromatic rings. The van der Waals surface area contributed by atoms with Gasteiger partial charge in [-0.3, -0.25) is 24.6 Å². The van der Waals surface area contributed by atoms with Gasteiger partial charge in [0.05, 0.1) is 11.3 Å². The molecule has 8 nitrogen and oxygen atoms in total. The van der Waals surface area contributed by atoms with E-state index in [9.17, 15) is 19.7 Å². The number of hydrogen-bond acceptors (Lipinski definition) is 5. The molecule has 2 amide bonds. The molecule has 158 valence electrons. The van der Waals surface area contributed by atoms with Gasteiger partial charge >= 0.3 is 0 Å². The predicted molar refractivity (Wildman–Crippen MR) is 114 cm³/mol. The molecule has 3 rings (SSSR count). The summed E-state index contributed by atoms with van der Waals surface area (Å²) in [5.41, 5.74) is 2.27. The summed E-state index contributed by atoms with van der Waals surface area (Å²) in [4.78, 5) is 39.2. The number of rotatable bonds is 7. The van der Waals surface area contributed by atoms with Crippen LogP contribution in [0.25, 0.3) is 0 Å². The van der Waals surface area contributed by atoms with Gasteiger partial charge in [0, 0.05) is 45.2 Å². The lowest BCUT2D eigenvalue weighted by Crippen LogP contribution is -2.49. The highest BCUT2D eigenvalue weighted by atomic mass is 16.6. The van der Waals surface area contributed by atoms with Crippen LogP contribution in [0.3, 0.4) is 0 Å². The molecule has 0 saturated carbocycles. The third kappa shape index (κ3) is 5.87. The fraction of sp³-hybridized carbons (Fsp3) is 0.364. The van der Waals surface area contributed by atoms with Gasteiger partial charge < -0.3 is 10.2 Å². The SMILES string of the molecule is Cc1ccc(CC(=O)N2CCN(CCC(=O)Nc3ccccc3[N+](=O)[O-])CC2)cc1. The Hall–Kier alpha value is -3.26. The summed E-state index contributed by atoms with van der Waals surface area (Å²) < 4.78 is 0. The largest absolute Gasteiger partial charge is 0.340 e. The fourth-order valence-corrected chi connectivity index (χ4v) is 3.42. The van der Waals surface area contributed by atoms with Crippen LogP contribution in [0, 0.1) is 17.0 Å². The van der Waals surface area contributed by atoms with Crippen LogP contribution in [0.4, 0.5) is 11.4 Å². The maximum Gasteiger partial charge on any atom is 0.292 e. The van der Waals surface area contributed by atoms with E-state index in [1.54, 1.807) is 12.1 Å². The third-order valence-corrected chi connectivity index (χ3v) is 5.23. The topological polar surface area (TPSA) is 95.8 Å². The van der Waals surface area contributed by atoms with Crippen LogP contribution in [0.15, 0.2) is 48.5 Å². The van der Waals surface area contributed by atoms with Crippen molar-refractivity contribution in [3.05, 3.63) is 69.8 Å². The monoisotopic (exact) mass is 410 g/mol. The Labute approximate surface area is 175 Å². The molecule has 0 radical (unpaired) electrons. The molecule has 1 N–H and O–H groups in total. The number of nitrogens with zero attached hydrogens (tertiary/aromatic N) is 3. The number of benzene rings is 2. The molecule has 0 spiro atoms. The second-order valence-electron chi connectivity index (χ2n) is 7.46. The number of nitrogens with one attached hydrogen (secondary N) is 1. The van der Waals surface area contributed by atoms with Crippen LogP contribution in [0.2, 0.25) is 0 Å². The first-order valence-electron chi connectivity index (χ1n) is 10.0. The van der Waals surface area contributed by atoms with E-state index in [-0.39, 0.29) is 29.6 Å². The molecule has 1 heterocycles. The molecule has 1 saturated heterocycles. The van der Waals surface area contributed by atoms with E-state index in [1.807, 2.05) is 36.1 Å². The number of nitro benzene ring substituents is 1. The lowest BCUT2D eigenvalue weighted by molar-refractivity contribution is -0.383. The quantitative estimate of drug-likeness (QED) is 0.559. The van der Waals surface area contributed by atoms with Gasteiger partial charge in [-0.05, 0) is 18.6 Å². The van der Waals surface area contributed by atoms with Crippen molar-refractivity contribution < 1.29 is 14.5 Å². The molecule has 0 atom stereocenters. The Bertz CT molecular complexity index is 906. The number of carbonyl (C=O) groups excluding carboxylic acids is 2. The van der Waals surface area contributed by atoms with Crippen molar-refractivity contribution in [1.29, 1.82) is 0 Å². The predicted octanol–water partition coefficient (Wildman–Crippen LogP) is 2.62. The van der Waals surface area contributed by atoms with Crippen LogP contribution in [-0.4, -0.2) is 59.3 Å². The maximum absolute atomic E-state index is 12.5. The molecule has 0 unspecified atom stereocenters. The van der Waals surface area contributed by atoms with E-state index in [4.69, 9.17) is 0 Å². The van der Waals surface area contributed by atoms with Crippen LogP contribution in [0.1, 0.15) is 17.5 Å². The number of anilines is 1. The van der Waals surface area contributed by atoms with Gasteiger partial charge in [0.1, 0.15) is 5.69 Å². The lowest BCUT2D eigenvalue weighted by atomic mass is 10.1. The summed E-state index contributed by atoms with van der Waals surface area (Å²) in [6.07, 6.45) is 0.641. The fourth-order valence-electron chi connectivity index (χ4n) is 3.42. The Kier molecular flexibility index (Phi) is 7.13. The van der Waals surface area contributed by atoms with Crippen molar-refractivity contribution in [1.82, 2.24) is 9.80 Å². The van der Waals surface area contributed by atoms with E-state index in [0.29, 0.717) is 39.1 Å². The van der Waals surface area contributed by atoms with Gasteiger partial charge in [0.2, 0.25) is 11.8 Å². The second-order valence-corrected chi connectivity index (χ2v) is 7.46. The minimum Gasteiger partial charge on any atom is -0.340 e. The minimum absolute atomic E-state index is 0.118. The van der Waals surface area contributed by atoms with Crippen molar-refractivity contribution >= 4 is 23.2 Å². The van der Waals surface area contributed by atoms with Crippen LogP contribution >= 0.6 is 0 Å². The molecule has 1 aliphatic rings. The minimum atomic E-state index is -0.511. The van der Waals surface area contributed by atoms with Crippen LogP contribution in [0.5, 0.6) is 0 Å². The van der Waals surface area contributed by atoms with Gasteiger partial charge in [-0.15, -0.1) is 0 Å². The van der Waals surface area contributed by atoms with E-state index < -0.39 is 4.92 Å². The van der Waals surface area contributed by atoms with Crippen molar-refractivity contribution in [2.24, 2.45) is 0 Å². The number of piperazine rings is 1. The van der Waals surface area contributed by atoms with E-state index in [1.165, 1.54) is 17.7 Å². The van der Waals surface area contributed by atoms with Gasteiger partial charge in [-0.2, -0.15) is 0 Å². The molecular formula is C22H26N4O4. The zero-order chi connectivity index (χ0) is 21.5. The van der Waals surface area contributed by atoms with Crippen molar-refractivity contribution in [2.75, 3.05) is 38.0 Å². The van der Waals surface area contributed by atoms with E-state index >= 15 is 0 Å². The number of amides is 2. The first-order valence-corrected chi connectivity index (χ1v) is 10.0. The van der Waals surface area contributed by atoms with Crippen LogP contribution in [-0.2, 0) is 16.0 Å².